The number of carbonyl (C=O) groups excluding carboxylic acids is 1. The molecule has 100 valence electrons. The molecule has 1 aromatic carbocycles. The Labute approximate surface area is 113 Å². The predicted octanol–water partition coefficient (Wildman–Crippen LogP) is 4.66. The molecule has 0 amide bonds. The number of Topliss-reactive ketones (excluding diaryl/α,β-unsaturated/α-hetero) is 1. The zero-order valence-corrected chi connectivity index (χ0v) is 12.1. The van der Waals surface area contributed by atoms with E-state index in [0.29, 0.717) is 12.0 Å². The number of ketones is 1. The molecule has 1 unspecified atom stereocenters. The van der Waals surface area contributed by atoms with Gasteiger partial charge in [0.1, 0.15) is 11.6 Å². The predicted molar refractivity (Wildman–Crippen MR) is 73.4 cm³/mol. The van der Waals surface area contributed by atoms with Crippen LogP contribution in [-0.4, -0.2) is 5.78 Å². The third-order valence-corrected chi connectivity index (χ3v) is 3.72. The van der Waals surface area contributed by atoms with Crippen LogP contribution in [0.1, 0.15) is 39.7 Å². The second-order valence-electron chi connectivity index (χ2n) is 5.90. The standard InChI is InChI=1S/C15H20ClFO/c1-10(15(2,3)4)8-12(18)9-11-6-5-7-13(16)14(11)17/h5-7,10H,8-9H2,1-4H3. The van der Waals surface area contributed by atoms with Gasteiger partial charge in [0.2, 0.25) is 0 Å². The summed E-state index contributed by atoms with van der Waals surface area (Å²) in [5.41, 5.74) is 0.469. The van der Waals surface area contributed by atoms with Crippen LogP contribution >= 0.6 is 11.6 Å². The second-order valence-corrected chi connectivity index (χ2v) is 6.31. The van der Waals surface area contributed by atoms with E-state index >= 15 is 0 Å². The molecule has 18 heavy (non-hydrogen) atoms. The van der Waals surface area contributed by atoms with E-state index in [1.54, 1.807) is 12.1 Å². The highest BCUT2D eigenvalue weighted by molar-refractivity contribution is 6.30. The smallest absolute Gasteiger partial charge is 0.145 e. The van der Waals surface area contributed by atoms with Gasteiger partial charge in [0.25, 0.3) is 0 Å². The van der Waals surface area contributed by atoms with Gasteiger partial charge in [0.15, 0.2) is 0 Å². The fourth-order valence-corrected chi connectivity index (χ4v) is 1.81. The highest BCUT2D eigenvalue weighted by Gasteiger charge is 2.23. The number of hydrogen-bond acceptors (Lipinski definition) is 1. The van der Waals surface area contributed by atoms with Crippen LogP contribution < -0.4 is 0 Å². The minimum atomic E-state index is -0.476. The molecule has 0 N–H and O–H groups in total. The minimum absolute atomic E-state index is 0.0543. The molecule has 0 aliphatic rings. The normalized spacial score (nSPS) is 13.4. The maximum atomic E-state index is 13.6. The Bertz CT molecular complexity index is 435. The first kappa shape index (κ1) is 15.2. The van der Waals surface area contributed by atoms with Crippen molar-refractivity contribution < 1.29 is 9.18 Å². The lowest BCUT2D eigenvalue weighted by molar-refractivity contribution is -0.120. The van der Waals surface area contributed by atoms with Crippen molar-refractivity contribution >= 4 is 17.4 Å². The van der Waals surface area contributed by atoms with Crippen LogP contribution in [0, 0.1) is 17.2 Å². The summed E-state index contributed by atoms with van der Waals surface area (Å²) >= 11 is 5.69. The van der Waals surface area contributed by atoms with Crippen LogP contribution in [0.5, 0.6) is 0 Å². The molecule has 1 nitrogen and oxygen atoms in total. The van der Waals surface area contributed by atoms with Gasteiger partial charge in [-0.1, -0.05) is 51.4 Å². The summed E-state index contributed by atoms with van der Waals surface area (Å²) in [6, 6.07) is 4.77. The van der Waals surface area contributed by atoms with E-state index in [1.807, 2.05) is 6.92 Å². The van der Waals surface area contributed by atoms with Gasteiger partial charge in [-0.15, -0.1) is 0 Å². The van der Waals surface area contributed by atoms with E-state index in [-0.39, 0.29) is 28.6 Å². The SMILES string of the molecule is CC(CC(=O)Cc1cccc(Cl)c1F)C(C)(C)C. The molecule has 3 heteroatoms. The molecule has 0 bridgehead atoms. The van der Waals surface area contributed by atoms with Gasteiger partial charge in [-0.25, -0.2) is 4.39 Å². The number of carbonyl (C=O) groups is 1. The molecular weight excluding hydrogens is 251 g/mol. The van der Waals surface area contributed by atoms with Crippen LogP contribution in [0.2, 0.25) is 5.02 Å². The Morgan fingerprint density at radius 2 is 2.00 bits per heavy atom. The van der Waals surface area contributed by atoms with E-state index in [0.717, 1.165) is 0 Å². The molecular formula is C15H20ClFO. The van der Waals surface area contributed by atoms with Crippen LogP contribution in [0.3, 0.4) is 0 Å². The van der Waals surface area contributed by atoms with Crippen molar-refractivity contribution in [2.75, 3.05) is 0 Å². The van der Waals surface area contributed by atoms with Crippen molar-refractivity contribution in [1.29, 1.82) is 0 Å². The van der Waals surface area contributed by atoms with Gasteiger partial charge in [0.05, 0.1) is 5.02 Å². The third-order valence-electron chi connectivity index (χ3n) is 3.43. The molecule has 0 aliphatic heterocycles. The van der Waals surface area contributed by atoms with Crippen molar-refractivity contribution in [3.05, 3.63) is 34.6 Å². The Kier molecular flexibility index (Phi) is 4.92. The lowest BCUT2D eigenvalue weighted by Crippen LogP contribution is -2.21. The van der Waals surface area contributed by atoms with Crippen LogP contribution in [0.25, 0.3) is 0 Å². The molecule has 0 fully saturated rings. The first-order valence-corrected chi connectivity index (χ1v) is 6.54. The van der Waals surface area contributed by atoms with Gasteiger partial charge in [0, 0.05) is 12.8 Å². The highest BCUT2D eigenvalue weighted by Crippen LogP contribution is 2.29. The number of hydrogen-bond donors (Lipinski definition) is 0. The largest absolute Gasteiger partial charge is 0.299 e. The molecule has 1 aromatic rings. The zero-order valence-electron chi connectivity index (χ0n) is 11.4. The summed E-state index contributed by atoms with van der Waals surface area (Å²) in [4.78, 5) is 11.9. The number of benzene rings is 1. The molecule has 0 aromatic heterocycles. The summed E-state index contributed by atoms with van der Waals surface area (Å²) in [6.07, 6.45) is 0.586. The summed E-state index contributed by atoms with van der Waals surface area (Å²) in [7, 11) is 0. The number of halogens is 2. The van der Waals surface area contributed by atoms with Gasteiger partial charge >= 0.3 is 0 Å². The van der Waals surface area contributed by atoms with Gasteiger partial charge in [-0.05, 0) is 23.0 Å². The Morgan fingerprint density at radius 1 is 1.39 bits per heavy atom. The van der Waals surface area contributed by atoms with Crippen LogP contribution in [0.4, 0.5) is 4.39 Å². The minimum Gasteiger partial charge on any atom is -0.299 e. The van der Waals surface area contributed by atoms with Crippen LogP contribution in [0.15, 0.2) is 18.2 Å². The molecule has 0 saturated carbocycles. The lowest BCUT2D eigenvalue weighted by Gasteiger charge is -2.26. The fraction of sp³-hybridized carbons (Fsp3) is 0.533. The van der Waals surface area contributed by atoms with E-state index in [2.05, 4.69) is 20.8 Å². The number of rotatable bonds is 4. The average Bonchev–Trinajstić information content (AvgIpc) is 2.23. The second kappa shape index (κ2) is 5.83. The van der Waals surface area contributed by atoms with E-state index in [9.17, 15) is 9.18 Å². The molecule has 0 heterocycles. The van der Waals surface area contributed by atoms with Gasteiger partial charge < -0.3 is 0 Å². The maximum Gasteiger partial charge on any atom is 0.145 e. The first-order chi connectivity index (χ1) is 8.21. The fourth-order valence-electron chi connectivity index (χ4n) is 1.62. The summed E-state index contributed by atoms with van der Waals surface area (Å²) in [5, 5.41) is 0.0733. The maximum absolute atomic E-state index is 13.6. The van der Waals surface area contributed by atoms with Crippen molar-refractivity contribution in [2.45, 2.75) is 40.5 Å². The Hall–Kier alpha value is -0.890. The van der Waals surface area contributed by atoms with Crippen molar-refractivity contribution in [2.24, 2.45) is 11.3 Å². The molecule has 0 spiro atoms. The van der Waals surface area contributed by atoms with E-state index in [1.165, 1.54) is 6.07 Å². The Morgan fingerprint density at radius 3 is 2.56 bits per heavy atom. The van der Waals surface area contributed by atoms with Crippen molar-refractivity contribution in [3.63, 3.8) is 0 Å². The Balaban J connectivity index is 2.69. The molecule has 0 radical (unpaired) electrons. The van der Waals surface area contributed by atoms with E-state index in [4.69, 9.17) is 11.6 Å². The van der Waals surface area contributed by atoms with Crippen LogP contribution in [-0.2, 0) is 11.2 Å². The first-order valence-electron chi connectivity index (χ1n) is 6.16. The monoisotopic (exact) mass is 270 g/mol. The summed E-state index contributed by atoms with van der Waals surface area (Å²) in [6.45, 7) is 8.35. The molecule has 1 atom stereocenters. The summed E-state index contributed by atoms with van der Waals surface area (Å²) in [5.74, 6) is -0.151. The highest BCUT2D eigenvalue weighted by atomic mass is 35.5. The molecule has 1 rings (SSSR count). The van der Waals surface area contributed by atoms with Gasteiger partial charge in [-0.2, -0.15) is 0 Å². The van der Waals surface area contributed by atoms with E-state index < -0.39 is 5.82 Å². The zero-order chi connectivity index (χ0) is 13.9. The van der Waals surface area contributed by atoms with Crippen molar-refractivity contribution in [1.82, 2.24) is 0 Å². The summed E-state index contributed by atoms with van der Waals surface area (Å²) < 4.78 is 13.6. The van der Waals surface area contributed by atoms with Crippen molar-refractivity contribution in [3.8, 4) is 0 Å². The van der Waals surface area contributed by atoms with Gasteiger partial charge in [-0.3, -0.25) is 4.79 Å². The third kappa shape index (κ3) is 4.09. The molecule has 0 aliphatic carbocycles. The average molecular weight is 271 g/mol. The topological polar surface area (TPSA) is 17.1 Å². The molecule has 0 saturated heterocycles. The quantitative estimate of drug-likeness (QED) is 0.777. The lowest BCUT2D eigenvalue weighted by atomic mass is 9.79.